The van der Waals surface area contributed by atoms with Gasteiger partial charge in [0.05, 0.1) is 10.9 Å². The molecule has 0 aliphatic carbocycles. The molecule has 1 fully saturated rings. The summed E-state index contributed by atoms with van der Waals surface area (Å²) in [5, 5.41) is 3.38. The van der Waals surface area contributed by atoms with Gasteiger partial charge in [-0.1, -0.05) is 11.6 Å². The van der Waals surface area contributed by atoms with Crippen molar-refractivity contribution in [3.63, 3.8) is 0 Å². The highest BCUT2D eigenvalue weighted by Crippen LogP contribution is 2.28. The summed E-state index contributed by atoms with van der Waals surface area (Å²) in [5.74, 6) is -6.62. The number of carbonyl (C=O) groups excluding carboxylic acids is 3. The van der Waals surface area contributed by atoms with E-state index < -0.39 is 58.6 Å². The molecule has 0 aromatic heterocycles. The molecule has 0 radical (unpaired) electrons. The number of nitrogens with one attached hydrogen (secondary N) is 2. The third-order valence-corrected chi connectivity index (χ3v) is 4.91. The Bertz CT molecular complexity index is 810. The molecule has 160 valence electrons. The maximum absolute atomic E-state index is 13.4. The first-order chi connectivity index (χ1) is 13.3. The van der Waals surface area contributed by atoms with Gasteiger partial charge in [-0.25, -0.2) is 8.78 Å². The van der Waals surface area contributed by atoms with Crippen LogP contribution in [0.1, 0.15) is 20.3 Å². The normalized spacial score (nSPS) is 20.3. The Morgan fingerprint density at radius 1 is 1.24 bits per heavy atom. The minimum absolute atomic E-state index is 0.0373. The van der Waals surface area contributed by atoms with Crippen molar-refractivity contribution in [3.05, 3.63) is 28.8 Å². The van der Waals surface area contributed by atoms with Gasteiger partial charge in [0.25, 0.3) is 0 Å². The van der Waals surface area contributed by atoms with Gasteiger partial charge in [0.1, 0.15) is 6.04 Å². The Morgan fingerprint density at radius 2 is 1.86 bits per heavy atom. The first-order valence-electron chi connectivity index (χ1n) is 8.46. The van der Waals surface area contributed by atoms with Crippen molar-refractivity contribution in [2.24, 2.45) is 5.92 Å². The summed E-state index contributed by atoms with van der Waals surface area (Å²) in [6.07, 6.45) is -4.58. The smallest absolute Gasteiger partial charge is 0.336 e. The molecule has 1 aliphatic heterocycles. The summed E-state index contributed by atoms with van der Waals surface area (Å²) in [6.45, 7) is 2.11. The van der Waals surface area contributed by atoms with E-state index in [0.717, 1.165) is 17.0 Å². The summed E-state index contributed by atoms with van der Waals surface area (Å²) in [6, 6.07) is -1.29. The van der Waals surface area contributed by atoms with Gasteiger partial charge < -0.3 is 15.5 Å². The summed E-state index contributed by atoms with van der Waals surface area (Å²) < 4.78 is 64.2. The average molecular weight is 442 g/mol. The SMILES string of the molecule is C[C@H]1[C@@H](C(=O)Nc2cc(F)c(F)c(Cl)c2)CCN1C(=O)C(=O)N[C@H](C)C(F)(F)F. The molecule has 2 N–H and O–H groups in total. The number of hydrogen-bond acceptors (Lipinski definition) is 3. The molecule has 0 spiro atoms. The number of rotatable bonds is 3. The van der Waals surface area contributed by atoms with Crippen LogP contribution >= 0.6 is 11.6 Å². The van der Waals surface area contributed by atoms with Crippen molar-refractivity contribution in [2.45, 2.75) is 38.5 Å². The predicted molar refractivity (Wildman–Crippen MR) is 92.9 cm³/mol. The van der Waals surface area contributed by atoms with Gasteiger partial charge in [-0.2, -0.15) is 13.2 Å². The Morgan fingerprint density at radius 3 is 2.41 bits per heavy atom. The molecule has 1 aliphatic rings. The Labute approximate surface area is 167 Å². The number of nitrogens with zero attached hydrogens (tertiary/aromatic N) is 1. The van der Waals surface area contributed by atoms with Gasteiger partial charge in [0.15, 0.2) is 11.6 Å². The van der Waals surface area contributed by atoms with Gasteiger partial charge in [-0.15, -0.1) is 0 Å². The predicted octanol–water partition coefficient (Wildman–Crippen LogP) is 2.86. The minimum Gasteiger partial charge on any atom is -0.336 e. The molecule has 1 aromatic carbocycles. The van der Waals surface area contributed by atoms with E-state index in [4.69, 9.17) is 11.6 Å². The number of halogens is 6. The fourth-order valence-corrected chi connectivity index (χ4v) is 3.12. The number of hydrogen-bond donors (Lipinski definition) is 2. The molecule has 3 amide bonds. The first kappa shape index (κ1) is 22.9. The highest BCUT2D eigenvalue weighted by Gasteiger charge is 2.42. The summed E-state index contributed by atoms with van der Waals surface area (Å²) in [5.41, 5.74) is -0.104. The van der Waals surface area contributed by atoms with Crippen molar-refractivity contribution >= 4 is 35.0 Å². The van der Waals surface area contributed by atoms with Crippen LogP contribution in [-0.2, 0) is 14.4 Å². The van der Waals surface area contributed by atoms with Crippen molar-refractivity contribution in [3.8, 4) is 0 Å². The van der Waals surface area contributed by atoms with Gasteiger partial charge >= 0.3 is 18.0 Å². The molecular weight excluding hydrogens is 425 g/mol. The van der Waals surface area contributed by atoms with Crippen LogP contribution in [0.15, 0.2) is 12.1 Å². The molecule has 1 aromatic rings. The van der Waals surface area contributed by atoms with Crippen LogP contribution in [0.5, 0.6) is 0 Å². The van der Waals surface area contributed by atoms with Crippen LogP contribution in [0, 0.1) is 17.6 Å². The molecule has 1 heterocycles. The molecule has 2 rings (SSSR count). The zero-order chi connectivity index (χ0) is 22.1. The second-order valence-corrected chi connectivity index (χ2v) is 7.02. The molecule has 0 saturated carbocycles. The Hall–Kier alpha value is -2.43. The van der Waals surface area contributed by atoms with E-state index in [2.05, 4.69) is 5.32 Å². The van der Waals surface area contributed by atoms with Crippen LogP contribution in [0.2, 0.25) is 5.02 Å². The lowest BCUT2D eigenvalue weighted by molar-refractivity contribution is -0.162. The first-order valence-corrected chi connectivity index (χ1v) is 8.84. The Kier molecular flexibility index (Phi) is 6.71. The molecule has 12 heteroatoms. The van der Waals surface area contributed by atoms with Gasteiger partial charge in [0.2, 0.25) is 5.91 Å². The number of carbonyl (C=O) groups is 3. The topological polar surface area (TPSA) is 78.5 Å². The van der Waals surface area contributed by atoms with E-state index >= 15 is 0 Å². The van der Waals surface area contributed by atoms with Crippen LogP contribution in [0.3, 0.4) is 0 Å². The standard InChI is InChI=1S/C17H17ClF5N3O3/c1-7-10(14(27)25-9-5-11(18)13(20)12(19)6-9)3-4-26(7)16(29)15(28)24-8(2)17(21,22)23/h5-8,10H,3-4H2,1-2H3,(H,24,28)(H,25,27)/t7-,8+,10-/m0/s1. The van der Waals surface area contributed by atoms with E-state index in [-0.39, 0.29) is 18.7 Å². The van der Waals surface area contributed by atoms with E-state index in [9.17, 15) is 36.3 Å². The largest absolute Gasteiger partial charge is 0.408 e. The molecular formula is C17H17ClF5N3O3. The van der Waals surface area contributed by atoms with Gasteiger partial charge in [-0.05, 0) is 26.3 Å². The van der Waals surface area contributed by atoms with Gasteiger partial charge in [-0.3, -0.25) is 14.4 Å². The maximum atomic E-state index is 13.4. The number of benzene rings is 1. The van der Waals surface area contributed by atoms with Crippen LogP contribution in [-0.4, -0.2) is 47.4 Å². The highest BCUT2D eigenvalue weighted by molar-refractivity contribution is 6.35. The highest BCUT2D eigenvalue weighted by atomic mass is 35.5. The number of anilines is 1. The summed E-state index contributed by atoms with van der Waals surface area (Å²) in [7, 11) is 0. The van der Waals surface area contributed by atoms with E-state index in [0.29, 0.717) is 6.92 Å². The van der Waals surface area contributed by atoms with Crippen LogP contribution in [0.25, 0.3) is 0 Å². The Balaban J connectivity index is 2.03. The van der Waals surface area contributed by atoms with Gasteiger partial charge in [0, 0.05) is 24.3 Å². The molecule has 1 saturated heterocycles. The van der Waals surface area contributed by atoms with Crippen molar-refractivity contribution in [2.75, 3.05) is 11.9 Å². The average Bonchev–Trinajstić information content (AvgIpc) is 2.99. The molecule has 0 bridgehead atoms. The van der Waals surface area contributed by atoms with Crippen molar-refractivity contribution in [1.82, 2.24) is 10.2 Å². The minimum atomic E-state index is -4.71. The lowest BCUT2D eigenvalue weighted by Crippen LogP contribution is -2.51. The van der Waals surface area contributed by atoms with Crippen LogP contribution < -0.4 is 10.6 Å². The fourth-order valence-electron chi connectivity index (χ4n) is 2.91. The number of alkyl halides is 3. The summed E-state index contributed by atoms with van der Waals surface area (Å²) >= 11 is 5.52. The second-order valence-electron chi connectivity index (χ2n) is 6.61. The quantitative estimate of drug-likeness (QED) is 0.430. The van der Waals surface area contributed by atoms with Crippen molar-refractivity contribution < 1.29 is 36.3 Å². The lowest BCUT2D eigenvalue weighted by Gasteiger charge is -2.25. The van der Waals surface area contributed by atoms with Crippen LogP contribution in [0.4, 0.5) is 27.6 Å². The zero-order valence-corrected chi connectivity index (χ0v) is 16.0. The zero-order valence-electron chi connectivity index (χ0n) is 15.2. The van der Waals surface area contributed by atoms with E-state index in [1.165, 1.54) is 6.92 Å². The fraction of sp³-hybridized carbons (Fsp3) is 0.471. The third kappa shape index (κ3) is 5.14. The number of amides is 3. The molecule has 29 heavy (non-hydrogen) atoms. The molecule has 0 unspecified atom stereocenters. The lowest BCUT2D eigenvalue weighted by atomic mass is 10.0. The molecule has 3 atom stereocenters. The maximum Gasteiger partial charge on any atom is 0.408 e. The van der Waals surface area contributed by atoms with E-state index in [1.807, 2.05) is 0 Å². The number of likely N-dealkylation sites (tertiary alicyclic amines) is 1. The molecule has 6 nitrogen and oxygen atoms in total. The summed E-state index contributed by atoms with van der Waals surface area (Å²) in [4.78, 5) is 37.4. The van der Waals surface area contributed by atoms with E-state index in [1.54, 1.807) is 5.32 Å². The van der Waals surface area contributed by atoms with Crippen molar-refractivity contribution in [1.29, 1.82) is 0 Å². The second kappa shape index (κ2) is 8.52. The monoisotopic (exact) mass is 441 g/mol. The third-order valence-electron chi connectivity index (χ3n) is 4.64.